The Morgan fingerprint density at radius 3 is 1.33 bits per heavy atom. The van der Waals surface area contributed by atoms with E-state index in [-0.39, 0.29) is 11.9 Å². The number of guanidine groups is 2. The first-order valence-electron chi connectivity index (χ1n) is 12.5. The highest BCUT2D eigenvalue weighted by atomic mass is 15.3. The Kier molecular flexibility index (Phi) is 13.5. The third-order valence-electron chi connectivity index (χ3n) is 5.64. The molecule has 0 unspecified atom stereocenters. The molecule has 0 fully saturated rings. The summed E-state index contributed by atoms with van der Waals surface area (Å²) >= 11 is 0. The lowest BCUT2D eigenvalue weighted by molar-refractivity contribution is 0.491. The van der Waals surface area contributed by atoms with Crippen LogP contribution in [0.15, 0.2) is 49.1 Å². The second kappa shape index (κ2) is 17.3. The van der Waals surface area contributed by atoms with Crippen molar-refractivity contribution in [1.82, 2.24) is 19.8 Å². The van der Waals surface area contributed by atoms with Gasteiger partial charge in [-0.2, -0.15) is 10.5 Å². The van der Waals surface area contributed by atoms with Crippen LogP contribution in [-0.2, 0) is 0 Å². The smallest absolute Gasteiger partial charge is 0.209 e. The van der Waals surface area contributed by atoms with Crippen LogP contribution in [-0.4, -0.2) is 44.8 Å². The summed E-state index contributed by atoms with van der Waals surface area (Å²) in [5.41, 5.74) is 1.39. The molecular formula is C26H36N10. The molecular weight excluding hydrogens is 452 g/mol. The summed E-state index contributed by atoms with van der Waals surface area (Å²) in [7, 11) is 0. The molecule has 0 amide bonds. The summed E-state index contributed by atoms with van der Waals surface area (Å²) in [5.74, 6) is 0.148. The Morgan fingerprint density at radius 1 is 0.667 bits per heavy atom. The summed E-state index contributed by atoms with van der Waals surface area (Å²) in [5, 5.41) is 40.5. The predicted molar refractivity (Wildman–Crippen MR) is 142 cm³/mol. The molecule has 0 aliphatic carbocycles. The largest absolute Gasteiger partial charge is 0.324 e. The molecule has 2 heterocycles. The normalized spacial score (nSPS) is 10.1. The molecule has 190 valence electrons. The average molecular weight is 489 g/mol. The van der Waals surface area contributed by atoms with Gasteiger partial charge in [0.05, 0.1) is 23.8 Å². The molecule has 0 saturated carbocycles. The van der Waals surface area contributed by atoms with E-state index in [1.807, 2.05) is 12.1 Å². The second-order valence-corrected chi connectivity index (χ2v) is 8.47. The summed E-state index contributed by atoms with van der Waals surface area (Å²) in [4.78, 5) is 10.7. The van der Waals surface area contributed by atoms with E-state index in [1.165, 1.54) is 35.5 Å². The fraction of sp³-hybridized carbons (Fsp3) is 0.462. The van der Waals surface area contributed by atoms with E-state index in [0.29, 0.717) is 24.5 Å². The molecule has 4 N–H and O–H groups in total. The fourth-order valence-electron chi connectivity index (χ4n) is 3.66. The van der Waals surface area contributed by atoms with Gasteiger partial charge in [0.25, 0.3) is 0 Å². The minimum Gasteiger partial charge on any atom is -0.324 e. The third-order valence-corrected chi connectivity index (χ3v) is 5.64. The van der Waals surface area contributed by atoms with Gasteiger partial charge in [0.1, 0.15) is 0 Å². The van der Waals surface area contributed by atoms with Gasteiger partial charge in [-0.3, -0.25) is 20.8 Å². The van der Waals surface area contributed by atoms with Crippen molar-refractivity contribution in [2.45, 2.75) is 64.2 Å². The number of hydrogen-bond acceptors (Lipinski definition) is 6. The first kappa shape index (κ1) is 28.1. The second-order valence-electron chi connectivity index (χ2n) is 8.47. The zero-order valence-electron chi connectivity index (χ0n) is 20.8. The average Bonchev–Trinajstić information content (AvgIpc) is 2.90. The summed E-state index contributed by atoms with van der Waals surface area (Å²) in [6, 6.07) is 7.19. The summed E-state index contributed by atoms with van der Waals surface area (Å²) < 4.78 is 0. The highest BCUT2D eigenvalue weighted by Gasteiger charge is 2.10. The number of pyridine rings is 2. The number of aromatic nitrogens is 2. The molecule has 0 aliphatic heterocycles. The van der Waals surface area contributed by atoms with Gasteiger partial charge in [-0.1, -0.05) is 51.4 Å². The molecule has 2 aromatic rings. The van der Waals surface area contributed by atoms with Gasteiger partial charge in [0.15, 0.2) is 12.4 Å². The SMILES string of the molecule is N#CN(CCCCCCCCCCCCN(C#N)C(=N)Nc1cccnc1)C(=N)Nc1cccnc1. The lowest BCUT2D eigenvalue weighted by Gasteiger charge is -2.17. The first-order valence-corrected chi connectivity index (χ1v) is 12.5. The highest BCUT2D eigenvalue weighted by molar-refractivity contribution is 5.92. The molecule has 2 rings (SSSR count). The van der Waals surface area contributed by atoms with Crippen molar-refractivity contribution < 1.29 is 0 Å². The van der Waals surface area contributed by atoms with Gasteiger partial charge < -0.3 is 10.6 Å². The van der Waals surface area contributed by atoms with Crippen molar-refractivity contribution in [1.29, 1.82) is 21.3 Å². The van der Waals surface area contributed by atoms with Gasteiger partial charge >= 0.3 is 0 Å². The number of nitriles is 2. The van der Waals surface area contributed by atoms with Gasteiger partial charge in [-0.25, -0.2) is 9.80 Å². The number of nitrogens with one attached hydrogen (secondary N) is 4. The number of unbranched alkanes of at least 4 members (excludes halogenated alkanes) is 9. The Morgan fingerprint density at radius 2 is 1.03 bits per heavy atom. The van der Waals surface area contributed by atoms with E-state index >= 15 is 0 Å². The molecule has 0 radical (unpaired) electrons. The number of hydrogen-bond donors (Lipinski definition) is 4. The molecule has 0 saturated heterocycles. The van der Waals surface area contributed by atoms with E-state index in [0.717, 1.165) is 38.5 Å². The Hall–Kier alpha value is -4.18. The van der Waals surface area contributed by atoms with E-state index in [4.69, 9.17) is 10.8 Å². The standard InChI is InChI=1S/C26H36N10/c27-21-35(25(29)33-23-13-11-15-31-19-23)17-9-7-5-3-1-2-4-6-8-10-18-36(22-28)26(30)34-24-14-12-16-32-20-24/h11-16,19-20H,1-10,17-18H2,(H2,29,33)(H2,30,34). The third kappa shape index (κ3) is 11.3. The lowest BCUT2D eigenvalue weighted by atomic mass is 10.1. The van der Waals surface area contributed by atoms with E-state index in [9.17, 15) is 10.5 Å². The van der Waals surface area contributed by atoms with Crippen molar-refractivity contribution in [2.75, 3.05) is 23.7 Å². The van der Waals surface area contributed by atoms with Crippen LogP contribution in [0.5, 0.6) is 0 Å². The maximum Gasteiger partial charge on any atom is 0.209 e. The molecule has 10 nitrogen and oxygen atoms in total. The molecule has 0 atom stereocenters. The van der Waals surface area contributed by atoms with Crippen molar-refractivity contribution in [3.05, 3.63) is 49.1 Å². The zero-order chi connectivity index (χ0) is 25.8. The quantitative estimate of drug-likeness (QED) is 0.0862. The Bertz CT molecular complexity index is 900. The minimum absolute atomic E-state index is 0.0741. The van der Waals surface area contributed by atoms with Crippen LogP contribution in [0.2, 0.25) is 0 Å². The molecule has 0 aromatic carbocycles. The Balaban J connectivity index is 1.44. The maximum absolute atomic E-state index is 9.31. The van der Waals surface area contributed by atoms with Crippen molar-refractivity contribution in [2.24, 2.45) is 0 Å². The summed E-state index contributed by atoms with van der Waals surface area (Å²) in [6.07, 6.45) is 21.6. The number of nitrogens with zero attached hydrogens (tertiary/aromatic N) is 6. The van der Waals surface area contributed by atoms with Crippen LogP contribution in [0.25, 0.3) is 0 Å². The van der Waals surface area contributed by atoms with Crippen molar-refractivity contribution in [3.63, 3.8) is 0 Å². The van der Waals surface area contributed by atoms with Gasteiger partial charge in [-0.15, -0.1) is 0 Å². The topological polar surface area (TPSA) is 152 Å². The fourth-order valence-corrected chi connectivity index (χ4v) is 3.66. The van der Waals surface area contributed by atoms with Gasteiger partial charge in [0, 0.05) is 25.5 Å². The number of anilines is 2. The van der Waals surface area contributed by atoms with Crippen molar-refractivity contribution >= 4 is 23.3 Å². The monoisotopic (exact) mass is 488 g/mol. The number of rotatable bonds is 15. The van der Waals surface area contributed by atoms with E-state index in [2.05, 4.69) is 33.0 Å². The predicted octanol–water partition coefficient (Wildman–Crippen LogP) is 5.34. The molecule has 2 aromatic heterocycles. The zero-order valence-corrected chi connectivity index (χ0v) is 20.8. The minimum atomic E-state index is 0.0741. The van der Waals surface area contributed by atoms with Crippen LogP contribution in [0.4, 0.5) is 11.4 Å². The van der Waals surface area contributed by atoms with Gasteiger partial charge in [0.2, 0.25) is 11.9 Å². The van der Waals surface area contributed by atoms with Crippen LogP contribution < -0.4 is 10.6 Å². The van der Waals surface area contributed by atoms with Gasteiger partial charge in [-0.05, 0) is 37.1 Å². The maximum atomic E-state index is 9.31. The van der Waals surface area contributed by atoms with Crippen LogP contribution in [0.3, 0.4) is 0 Å². The summed E-state index contributed by atoms with van der Waals surface area (Å²) in [6.45, 7) is 1.08. The first-order chi connectivity index (χ1) is 17.6. The molecule has 0 aliphatic rings. The van der Waals surface area contributed by atoms with E-state index in [1.54, 1.807) is 36.9 Å². The van der Waals surface area contributed by atoms with E-state index < -0.39 is 0 Å². The molecule has 36 heavy (non-hydrogen) atoms. The van der Waals surface area contributed by atoms with Crippen LogP contribution >= 0.6 is 0 Å². The molecule has 0 spiro atoms. The lowest BCUT2D eigenvalue weighted by Crippen LogP contribution is -2.32. The Labute approximate surface area is 214 Å². The molecule has 10 heteroatoms. The van der Waals surface area contributed by atoms with Crippen LogP contribution in [0.1, 0.15) is 64.2 Å². The highest BCUT2D eigenvalue weighted by Crippen LogP contribution is 2.12. The molecule has 0 bridgehead atoms. The van der Waals surface area contributed by atoms with Crippen LogP contribution in [0, 0.1) is 33.7 Å². The van der Waals surface area contributed by atoms with Crippen molar-refractivity contribution in [3.8, 4) is 12.4 Å².